The third-order valence-electron chi connectivity index (χ3n) is 1.47. The molecular formula is C7H13N5O. The van der Waals surface area contributed by atoms with Crippen molar-refractivity contribution in [1.29, 1.82) is 0 Å². The number of carbonyl (C=O) groups is 1. The number of nitrogens with one attached hydrogen (secondary N) is 2. The zero-order chi connectivity index (χ0) is 9.52. The summed E-state index contributed by atoms with van der Waals surface area (Å²) in [5, 5.41) is 12.9. The van der Waals surface area contributed by atoms with E-state index in [1.54, 1.807) is 12.4 Å². The molecule has 0 saturated heterocycles. The maximum absolute atomic E-state index is 11.2. The highest BCUT2D eigenvalue weighted by Crippen LogP contribution is 1.79. The van der Waals surface area contributed by atoms with Gasteiger partial charge in [-0.05, 0) is 7.05 Å². The molecule has 6 nitrogen and oxygen atoms in total. The van der Waals surface area contributed by atoms with Gasteiger partial charge in [0.25, 0.3) is 0 Å². The standard InChI is InChI=1S/C7H13N5O/c1-8-2-3-9-7(13)6-12-5-4-10-11-12/h4-5,8H,2-3,6H2,1H3,(H,9,13). The lowest BCUT2D eigenvalue weighted by atomic mass is 10.5. The Bertz CT molecular complexity index is 245. The minimum absolute atomic E-state index is 0.0549. The molecule has 0 aliphatic heterocycles. The quantitative estimate of drug-likeness (QED) is 0.551. The summed E-state index contributed by atoms with van der Waals surface area (Å²) < 4.78 is 1.48. The molecule has 1 rings (SSSR count). The second-order valence-electron chi connectivity index (χ2n) is 2.55. The summed E-state index contributed by atoms with van der Waals surface area (Å²) in [6, 6.07) is 0. The fourth-order valence-electron chi connectivity index (χ4n) is 0.847. The Morgan fingerprint density at radius 3 is 3.00 bits per heavy atom. The summed E-state index contributed by atoms with van der Waals surface area (Å²) in [6.45, 7) is 1.62. The number of hydrogen-bond donors (Lipinski definition) is 2. The molecule has 0 unspecified atom stereocenters. The molecule has 1 amide bonds. The van der Waals surface area contributed by atoms with Crippen molar-refractivity contribution in [2.75, 3.05) is 20.1 Å². The Morgan fingerprint density at radius 1 is 1.54 bits per heavy atom. The number of amides is 1. The van der Waals surface area contributed by atoms with Crippen LogP contribution in [0.15, 0.2) is 12.4 Å². The molecule has 1 aromatic rings. The van der Waals surface area contributed by atoms with Crippen LogP contribution in [0.3, 0.4) is 0 Å². The zero-order valence-corrected chi connectivity index (χ0v) is 7.53. The van der Waals surface area contributed by atoms with E-state index < -0.39 is 0 Å². The summed E-state index contributed by atoms with van der Waals surface area (Å²) in [5.41, 5.74) is 0. The van der Waals surface area contributed by atoms with Crippen LogP contribution in [0.5, 0.6) is 0 Å². The Labute approximate surface area is 76.3 Å². The first-order valence-electron chi connectivity index (χ1n) is 4.08. The summed E-state index contributed by atoms with van der Waals surface area (Å²) in [4.78, 5) is 11.2. The topological polar surface area (TPSA) is 71.8 Å². The van der Waals surface area contributed by atoms with Crippen molar-refractivity contribution in [3.8, 4) is 0 Å². The summed E-state index contributed by atoms with van der Waals surface area (Å²) >= 11 is 0. The van der Waals surface area contributed by atoms with Crippen LogP contribution in [0.1, 0.15) is 0 Å². The number of aromatic nitrogens is 3. The van der Waals surface area contributed by atoms with Crippen molar-refractivity contribution < 1.29 is 4.79 Å². The molecule has 0 bridgehead atoms. The lowest BCUT2D eigenvalue weighted by Crippen LogP contribution is -2.33. The molecule has 0 saturated carbocycles. The van der Waals surface area contributed by atoms with Crippen LogP contribution in [0.4, 0.5) is 0 Å². The molecule has 6 heteroatoms. The van der Waals surface area contributed by atoms with E-state index in [2.05, 4.69) is 20.9 Å². The third-order valence-corrected chi connectivity index (χ3v) is 1.47. The number of nitrogens with zero attached hydrogens (tertiary/aromatic N) is 3. The minimum Gasteiger partial charge on any atom is -0.353 e. The van der Waals surface area contributed by atoms with E-state index in [4.69, 9.17) is 0 Å². The van der Waals surface area contributed by atoms with Crippen molar-refractivity contribution in [2.24, 2.45) is 0 Å². The van der Waals surface area contributed by atoms with E-state index in [0.717, 1.165) is 6.54 Å². The van der Waals surface area contributed by atoms with Gasteiger partial charge >= 0.3 is 0 Å². The highest BCUT2D eigenvalue weighted by atomic mass is 16.2. The average Bonchev–Trinajstić information content (AvgIpc) is 2.57. The average molecular weight is 183 g/mol. The van der Waals surface area contributed by atoms with Gasteiger partial charge in [-0.2, -0.15) is 0 Å². The summed E-state index contributed by atoms with van der Waals surface area (Å²) in [5.74, 6) is -0.0549. The normalized spacial score (nSPS) is 9.92. The van der Waals surface area contributed by atoms with Crippen LogP contribution >= 0.6 is 0 Å². The molecule has 13 heavy (non-hydrogen) atoms. The Hall–Kier alpha value is -1.43. The van der Waals surface area contributed by atoms with Crippen molar-refractivity contribution >= 4 is 5.91 Å². The van der Waals surface area contributed by atoms with Crippen LogP contribution in [-0.4, -0.2) is 41.0 Å². The fourth-order valence-corrected chi connectivity index (χ4v) is 0.847. The summed E-state index contributed by atoms with van der Waals surface area (Å²) in [7, 11) is 1.84. The maximum Gasteiger partial charge on any atom is 0.241 e. The lowest BCUT2D eigenvalue weighted by molar-refractivity contribution is -0.121. The zero-order valence-electron chi connectivity index (χ0n) is 7.53. The monoisotopic (exact) mass is 183 g/mol. The van der Waals surface area contributed by atoms with Gasteiger partial charge in [0.1, 0.15) is 6.54 Å². The van der Waals surface area contributed by atoms with Crippen molar-refractivity contribution in [1.82, 2.24) is 25.6 Å². The van der Waals surface area contributed by atoms with E-state index in [1.165, 1.54) is 4.68 Å². The number of carbonyl (C=O) groups excluding carboxylic acids is 1. The second kappa shape index (κ2) is 5.26. The molecule has 0 fully saturated rings. The smallest absolute Gasteiger partial charge is 0.241 e. The fraction of sp³-hybridized carbons (Fsp3) is 0.571. The molecule has 0 aliphatic carbocycles. The van der Waals surface area contributed by atoms with Gasteiger partial charge < -0.3 is 10.6 Å². The predicted molar refractivity (Wildman–Crippen MR) is 47.0 cm³/mol. The number of rotatable bonds is 5. The maximum atomic E-state index is 11.2. The van der Waals surface area contributed by atoms with E-state index in [1.807, 2.05) is 7.05 Å². The molecule has 1 aromatic heterocycles. The van der Waals surface area contributed by atoms with E-state index in [0.29, 0.717) is 6.54 Å². The van der Waals surface area contributed by atoms with Gasteiger partial charge in [0, 0.05) is 19.3 Å². The van der Waals surface area contributed by atoms with Crippen molar-refractivity contribution in [3.63, 3.8) is 0 Å². The first-order chi connectivity index (χ1) is 6.33. The van der Waals surface area contributed by atoms with Crippen LogP contribution in [-0.2, 0) is 11.3 Å². The SMILES string of the molecule is CNCCNC(=O)Cn1ccnn1. The largest absolute Gasteiger partial charge is 0.353 e. The Kier molecular flexibility index (Phi) is 3.90. The van der Waals surface area contributed by atoms with Gasteiger partial charge in [-0.25, -0.2) is 4.68 Å². The van der Waals surface area contributed by atoms with Gasteiger partial charge in [0.15, 0.2) is 0 Å². The van der Waals surface area contributed by atoms with Crippen LogP contribution in [0.2, 0.25) is 0 Å². The van der Waals surface area contributed by atoms with E-state index in [9.17, 15) is 4.79 Å². The van der Waals surface area contributed by atoms with Crippen LogP contribution in [0, 0.1) is 0 Å². The molecule has 0 spiro atoms. The molecule has 1 heterocycles. The second-order valence-corrected chi connectivity index (χ2v) is 2.55. The van der Waals surface area contributed by atoms with Gasteiger partial charge in [-0.3, -0.25) is 4.79 Å². The van der Waals surface area contributed by atoms with Crippen LogP contribution < -0.4 is 10.6 Å². The minimum atomic E-state index is -0.0549. The number of likely N-dealkylation sites (N-methyl/N-ethyl adjacent to an activating group) is 1. The molecule has 0 atom stereocenters. The number of hydrogen-bond acceptors (Lipinski definition) is 4. The third kappa shape index (κ3) is 3.66. The first-order valence-corrected chi connectivity index (χ1v) is 4.08. The first kappa shape index (κ1) is 9.66. The van der Waals surface area contributed by atoms with E-state index in [-0.39, 0.29) is 12.5 Å². The van der Waals surface area contributed by atoms with Gasteiger partial charge in [-0.15, -0.1) is 5.10 Å². The van der Waals surface area contributed by atoms with Crippen LogP contribution in [0.25, 0.3) is 0 Å². The van der Waals surface area contributed by atoms with E-state index >= 15 is 0 Å². The Balaban J connectivity index is 2.18. The molecule has 0 aromatic carbocycles. The lowest BCUT2D eigenvalue weighted by Gasteiger charge is -2.03. The van der Waals surface area contributed by atoms with Gasteiger partial charge in [0.2, 0.25) is 5.91 Å². The molecule has 72 valence electrons. The molecule has 2 N–H and O–H groups in total. The van der Waals surface area contributed by atoms with Gasteiger partial charge in [-0.1, -0.05) is 5.21 Å². The highest BCUT2D eigenvalue weighted by Gasteiger charge is 2.00. The van der Waals surface area contributed by atoms with Crippen molar-refractivity contribution in [3.05, 3.63) is 12.4 Å². The summed E-state index contributed by atoms with van der Waals surface area (Å²) in [6.07, 6.45) is 3.19. The highest BCUT2D eigenvalue weighted by molar-refractivity contribution is 5.75. The molecule has 0 radical (unpaired) electrons. The molecular weight excluding hydrogens is 170 g/mol. The Morgan fingerprint density at radius 2 is 2.38 bits per heavy atom. The predicted octanol–water partition coefficient (Wildman–Crippen LogP) is -1.39. The van der Waals surface area contributed by atoms with Crippen molar-refractivity contribution in [2.45, 2.75) is 6.54 Å². The van der Waals surface area contributed by atoms with Gasteiger partial charge in [0.05, 0.1) is 6.20 Å². The molecule has 0 aliphatic rings.